The molecule has 4 heteroatoms. The zero-order chi connectivity index (χ0) is 16.4. The summed E-state index contributed by atoms with van der Waals surface area (Å²) in [5, 5.41) is 4.51. The van der Waals surface area contributed by atoms with Crippen LogP contribution in [0.25, 0.3) is 20.8 Å². The fourth-order valence-electron chi connectivity index (χ4n) is 2.63. The third-order valence-corrected chi connectivity index (χ3v) is 5.04. The van der Waals surface area contributed by atoms with Gasteiger partial charge in [-0.25, -0.2) is 9.97 Å². The monoisotopic (exact) mass is 332 g/mol. The molecule has 0 saturated heterocycles. The predicted octanol–water partition coefficient (Wildman–Crippen LogP) is 4.70. The first-order valence-electron chi connectivity index (χ1n) is 7.94. The average molecular weight is 332 g/mol. The van der Waals surface area contributed by atoms with Crippen LogP contribution in [0, 0.1) is 6.92 Å². The van der Waals surface area contributed by atoms with Crippen molar-refractivity contribution < 1.29 is 4.98 Å². The first-order chi connectivity index (χ1) is 11.8. The first-order valence-corrected chi connectivity index (χ1v) is 8.76. The standard InChI is InChI=1S/C20H17N3S/c1-14-2-7-19-18(12-14)23-20(24-19)16-3-5-17(6-4-16)22-13-15-8-10-21-11-9-15/h2-12,22H,13H2,1H3/p+1. The number of hydrogen-bond donors (Lipinski definition) is 1. The topological polar surface area (TPSA) is 39.1 Å². The minimum absolute atomic E-state index is 0.814. The van der Waals surface area contributed by atoms with Crippen LogP contribution in [0.4, 0.5) is 5.69 Å². The first kappa shape index (κ1) is 14.8. The van der Waals surface area contributed by atoms with Gasteiger partial charge < -0.3 is 5.32 Å². The van der Waals surface area contributed by atoms with Crippen LogP contribution >= 0.6 is 11.3 Å². The van der Waals surface area contributed by atoms with Gasteiger partial charge >= 0.3 is 0 Å². The molecule has 2 N–H and O–H groups in total. The number of H-pyrrole nitrogens is 1. The second-order valence-electron chi connectivity index (χ2n) is 5.83. The molecule has 0 aliphatic heterocycles. The van der Waals surface area contributed by atoms with Crippen molar-refractivity contribution in [3.63, 3.8) is 0 Å². The summed E-state index contributed by atoms with van der Waals surface area (Å²) in [5.74, 6) is 0. The summed E-state index contributed by atoms with van der Waals surface area (Å²) in [4.78, 5) is 7.80. The molecule has 0 saturated carbocycles. The summed E-state index contributed by atoms with van der Waals surface area (Å²) in [7, 11) is 0. The maximum Gasteiger partial charge on any atom is 0.167 e. The lowest BCUT2D eigenvalue weighted by molar-refractivity contribution is -0.378. The second kappa shape index (κ2) is 6.42. The summed E-state index contributed by atoms with van der Waals surface area (Å²) in [6, 6.07) is 19.1. The predicted molar refractivity (Wildman–Crippen MR) is 100 cm³/mol. The number of pyridine rings is 1. The van der Waals surface area contributed by atoms with Crippen LogP contribution in [-0.4, -0.2) is 4.98 Å². The van der Waals surface area contributed by atoms with Gasteiger partial charge in [0, 0.05) is 29.9 Å². The number of anilines is 1. The highest BCUT2D eigenvalue weighted by atomic mass is 32.1. The molecule has 4 rings (SSSR count). The molecule has 0 atom stereocenters. The largest absolute Gasteiger partial charge is 0.381 e. The molecule has 0 spiro atoms. The number of thiazole rings is 1. The van der Waals surface area contributed by atoms with Crippen molar-refractivity contribution in [2.45, 2.75) is 13.5 Å². The van der Waals surface area contributed by atoms with Crippen molar-refractivity contribution in [2.24, 2.45) is 0 Å². The Labute approximate surface area is 145 Å². The van der Waals surface area contributed by atoms with E-state index in [9.17, 15) is 0 Å². The van der Waals surface area contributed by atoms with E-state index in [2.05, 4.69) is 71.8 Å². The maximum absolute atomic E-state index is 4.76. The number of nitrogens with zero attached hydrogens (tertiary/aromatic N) is 1. The van der Waals surface area contributed by atoms with E-state index in [-0.39, 0.29) is 0 Å². The number of aryl methyl sites for hydroxylation is 1. The minimum Gasteiger partial charge on any atom is -0.381 e. The second-order valence-corrected chi connectivity index (χ2v) is 6.86. The van der Waals surface area contributed by atoms with Crippen LogP contribution in [0.2, 0.25) is 0 Å². The van der Waals surface area contributed by atoms with E-state index in [1.807, 2.05) is 12.4 Å². The van der Waals surface area contributed by atoms with Crippen LogP contribution in [0.1, 0.15) is 11.1 Å². The van der Waals surface area contributed by atoms with Gasteiger partial charge in [-0.15, -0.1) is 11.3 Å². The number of hydrogen-bond acceptors (Lipinski definition) is 3. The Morgan fingerprint density at radius 3 is 2.58 bits per heavy atom. The lowest BCUT2D eigenvalue weighted by Gasteiger charge is -2.06. The fraction of sp³-hybridized carbons (Fsp3) is 0.100. The quantitative estimate of drug-likeness (QED) is 0.588. The molecule has 118 valence electrons. The maximum atomic E-state index is 4.76. The molecule has 0 fully saturated rings. The molecule has 0 bridgehead atoms. The van der Waals surface area contributed by atoms with E-state index >= 15 is 0 Å². The molecule has 0 aliphatic carbocycles. The number of benzene rings is 2. The number of fused-ring (bicyclic) bond motifs is 1. The third-order valence-electron chi connectivity index (χ3n) is 3.96. The van der Waals surface area contributed by atoms with E-state index < -0.39 is 0 Å². The van der Waals surface area contributed by atoms with Crippen molar-refractivity contribution in [2.75, 3.05) is 5.32 Å². The molecule has 3 nitrogen and oxygen atoms in total. The molecule has 2 heterocycles. The Bertz CT molecular complexity index is 959. The number of nitrogens with one attached hydrogen (secondary N) is 2. The van der Waals surface area contributed by atoms with Gasteiger partial charge in [-0.05, 0) is 54.4 Å². The summed E-state index contributed by atoms with van der Waals surface area (Å²) < 4.78 is 1.23. The third kappa shape index (κ3) is 3.14. The molecular formula is C20H18N3S+. The SMILES string of the molecule is Cc1ccc2sc(-c3ccc(NCc4cc[nH+]cc4)cc3)nc2c1. The van der Waals surface area contributed by atoms with Crippen molar-refractivity contribution in [3.8, 4) is 10.6 Å². The summed E-state index contributed by atoms with van der Waals surface area (Å²) in [6.07, 6.45) is 3.88. The van der Waals surface area contributed by atoms with Gasteiger partial charge in [-0.2, -0.15) is 0 Å². The van der Waals surface area contributed by atoms with Crippen molar-refractivity contribution in [1.29, 1.82) is 0 Å². The zero-order valence-corrected chi connectivity index (χ0v) is 14.2. The summed E-state index contributed by atoms with van der Waals surface area (Å²) in [6.45, 7) is 2.91. The lowest BCUT2D eigenvalue weighted by atomic mass is 10.2. The highest BCUT2D eigenvalue weighted by Gasteiger charge is 2.06. The molecule has 0 amide bonds. The number of aromatic nitrogens is 2. The van der Waals surface area contributed by atoms with Gasteiger partial charge in [0.15, 0.2) is 12.4 Å². The fourth-order valence-corrected chi connectivity index (χ4v) is 3.59. The number of aromatic amines is 1. The van der Waals surface area contributed by atoms with E-state index in [1.54, 1.807) is 11.3 Å². The normalized spacial score (nSPS) is 10.9. The lowest BCUT2D eigenvalue weighted by Crippen LogP contribution is -2.03. The van der Waals surface area contributed by atoms with Gasteiger partial charge in [0.05, 0.1) is 10.2 Å². The van der Waals surface area contributed by atoms with E-state index in [1.165, 1.54) is 15.8 Å². The number of rotatable bonds is 4. The minimum atomic E-state index is 0.814. The Morgan fingerprint density at radius 1 is 1.00 bits per heavy atom. The van der Waals surface area contributed by atoms with Crippen LogP contribution in [-0.2, 0) is 6.54 Å². The molecule has 0 aliphatic rings. The van der Waals surface area contributed by atoms with Gasteiger partial charge in [-0.3, -0.25) is 0 Å². The highest BCUT2D eigenvalue weighted by molar-refractivity contribution is 7.21. The average Bonchev–Trinajstić information content (AvgIpc) is 3.04. The highest BCUT2D eigenvalue weighted by Crippen LogP contribution is 2.31. The molecule has 0 radical (unpaired) electrons. The molecule has 2 aromatic heterocycles. The zero-order valence-electron chi connectivity index (χ0n) is 13.4. The van der Waals surface area contributed by atoms with Crippen LogP contribution in [0.3, 0.4) is 0 Å². The molecule has 0 unspecified atom stereocenters. The Hall–Kier alpha value is -2.72. The van der Waals surface area contributed by atoms with Gasteiger partial charge in [0.25, 0.3) is 0 Å². The van der Waals surface area contributed by atoms with E-state index in [0.29, 0.717) is 0 Å². The van der Waals surface area contributed by atoms with Gasteiger partial charge in [0.2, 0.25) is 0 Å². The van der Waals surface area contributed by atoms with Crippen LogP contribution in [0.5, 0.6) is 0 Å². The summed E-state index contributed by atoms with van der Waals surface area (Å²) in [5.41, 5.74) is 5.85. The van der Waals surface area contributed by atoms with Crippen molar-refractivity contribution in [1.82, 2.24) is 4.98 Å². The van der Waals surface area contributed by atoms with Crippen molar-refractivity contribution >= 4 is 27.2 Å². The smallest absolute Gasteiger partial charge is 0.167 e. The summed E-state index contributed by atoms with van der Waals surface area (Å²) >= 11 is 1.74. The molecular weight excluding hydrogens is 314 g/mol. The Morgan fingerprint density at radius 2 is 1.79 bits per heavy atom. The Balaban J connectivity index is 1.52. The Kier molecular flexibility index (Phi) is 3.97. The van der Waals surface area contributed by atoms with Crippen LogP contribution in [0.15, 0.2) is 67.0 Å². The van der Waals surface area contributed by atoms with E-state index in [0.717, 1.165) is 28.3 Å². The van der Waals surface area contributed by atoms with Crippen LogP contribution < -0.4 is 10.3 Å². The molecule has 4 aromatic rings. The van der Waals surface area contributed by atoms with Gasteiger partial charge in [-0.1, -0.05) is 6.07 Å². The molecule has 2 aromatic carbocycles. The van der Waals surface area contributed by atoms with E-state index in [4.69, 9.17) is 4.98 Å². The van der Waals surface area contributed by atoms with Gasteiger partial charge in [0.1, 0.15) is 5.01 Å². The van der Waals surface area contributed by atoms with Crippen molar-refractivity contribution in [3.05, 3.63) is 78.1 Å². The molecule has 24 heavy (non-hydrogen) atoms.